The van der Waals surface area contributed by atoms with E-state index in [1.807, 2.05) is 24.8 Å². The van der Waals surface area contributed by atoms with Gasteiger partial charge in [0.15, 0.2) is 0 Å². The van der Waals surface area contributed by atoms with Crippen molar-refractivity contribution in [3.05, 3.63) is 85.5 Å². The molecule has 0 aliphatic carbocycles. The zero-order valence-electron chi connectivity index (χ0n) is 14.4. The molecule has 2 aromatic carbocycles. The SMILES string of the molecule is Cn1c2ccc(-c3ccncc3)cc2c2cc(-c3ccncc3)ccc21. The molecule has 0 saturated carbocycles. The summed E-state index contributed by atoms with van der Waals surface area (Å²) in [5.41, 5.74) is 7.27. The first kappa shape index (κ1) is 14.8. The molecule has 0 radical (unpaired) electrons. The first-order chi connectivity index (χ1) is 12.8. The van der Waals surface area contributed by atoms with E-state index in [-0.39, 0.29) is 0 Å². The minimum absolute atomic E-state index is 1.18. The van der Waals surface area contributed by atoms with Crippen molar-refractivity contribution in [2.75, 3.05) is 0 Å². The topological polar surface area (TPSA) is 30.7 Å². The van der Waals surface area contributed by atoms with E-state index < -0.39 is 0 Å². The molecule has 0 unspecified atom stereocenters. The van der Waals surface area contributed by atoms with Crippen molar-refractivity contribution in [2.24, 2.45) is 7.05 Å². The second-order valence-corrected chi connectivity index (χ2v) is 6.49. The van der Waals surface area contributed by atoms with Gasteiger partial charge in [0.1, 0.15) is 0 Å². The fourth-order valence-electron chi connectivity index (χ4n) is 3.67. The number of nitrogens with zero attached hydrogens (tertiary/aromatic N) is 3. The van der Waals surface area contributed by atoms with E-state index in [0.29, 0.717) is 0 Å². The van der Waals surface area contributed by atoms with Gasteiger partial charge in [-0.05, 0) is 70.8 Å². The minimum Gasteiger partial charge on any atom is -0.344 e. The molecule has 0 aliphatic rings. The average molecular weight is 335 g/mol. The zero-order valence-corrected chi connectivity index (χ0v) is 14.4. The molecule has 124 valence electrons. The van der Waals surface area contributed by atoms with E-state index in [1.165, 1.54) is 44.1 Å². The summed E-state index contributed by atoms with van der Waals surface area (Å²) in [5, 5.41) is 2.54. The Hall–Kier alpha value is -3.46. The van der Waals surface area contributed by atoms with Crippen LogP contribution in [0.25, 0.3) is 44.1 Å². The lowest BCUT2D eigenvalue weighted by molar-refractivity contribution is 1.01. The number of aryl methyl sites for hydroxylation is 1. The molecule has 3 aromatic heterocycles. The van der Waals surface area contributed by atoms with E-state index in [1.54, 1.807) is 0 Å². The lowest BCUT2D eigenvalue weighted by Gasteiger charge is -2.03. The predicted molar refractivity (Wildman–Crippen MR) is 107 cm³/mol. The van der Waals surface area contributed by atoms with Crippen molar-refractivity contribution < 1.29 is 0 Å². The van der Waals surface area contributed by atoms with Gasteiger partial charge in [0, 0.05) is 53.6 Å². The van der Waals surface area contributed by atoms with Crippen LogP contribution in [0.4, 0.5) is 0 Å². The molecule has 3 nitrogen and oxygen atoms in total. The fourth-order valence-corrected chi connectivity index (χ4v) is 3.67. The maximum absolute atomic E-state index is 4.12. The summed E-state index contributed by atoms with van der Waals surface area (Å²) in [7, 11) is 2.13. The number of benzene rings is 2. The summed E-state index contributed by atoms with van der Waals surface area (Å²) in [4.78, 5) is 8.25. The van der Waals surface area contributed by atoms with Crippen molar-refractivity contribution >= 4 is 21.8 Å². The smallest absolute Gasteiger partial charge is 0.0489 e. The van der Waals surface area contributed by atoms with E-state index in [0.717, 1.165) is 0 Å². The van der Waals surface area contributed by atoms with Crippen LogP contribution >= 0.6 is 0 Å². The zero-order chi connectivity index (χ0) is 17.5. The minimum atomic E-state index is 1.18. The van der Waals surface area contributed by atoms with Crippen LogP contribution in [0.1, 0.15) is 0 Å². The first-order valence-electron chi connectivity index (χ1n) is 8.64. The highest BCUT2D eigenvalue weighted by atomic mass is 14.9. The normalized spacial score (nSPS) is 11.3. The van der Waals surface area contributed by atoms with Gasteiger partial charge in [-0.2, -0.15) is 0 Å². The lowest BCUT2D eigenvalue weighted by atomic mass is 10.0. The summed E-state index contributed by atoms with van der Waals surface area (Å²) < 4.78 is 2.26. The van der Waals surface area contributed by atoms with Crippen LogP contribution in [0.3, 0.4) is 0 Å². The molecule has 0 aliphatic heterocycles. The molecule has 3 heteroatoms. The van der Waals surface area contributed by atoms with Crippen molar-refractivity contribution in [2.45, 2.75) is 0 Å². The number of hydrogen-bond donors (Lipinski definition) is 0. The second-order valence-electron chi connectivity index (χ2n) is 6.49. The molecule has 0 amide bonds. The molecular formula is C23H17N3. The van der Waals surface area contributed by atoms with Crippen molar-refractivity contribution in [1.29, 1.82) is 0 Å². The third-order valence-electron chi connectivity index (χ3n) is 5.03. The van der Waals surface area contributed by atoms with Crippen LogP contribution in [-0.2, 0) is 7.05 Å². The Morgan fingerprint density at radius 2 is 0.962 bits per heavy atom. The number of aromatic nitrogens is 3. The van der Waals surface area contributed by atoms with Gasteiger partial charge in [-0.25, -0.2) is 0 Å². The van der Waals surface area contributed by atoms with E-state index in [4.69, 9.17) is 0 Å². The van der Waals surface area contributed by atoms with Crippen molar-refractivity contribution in [1.82, 2.24) is 14.5 Å². The third-order valence-corrected chi connectivity index (χ3v) is 5.03. The largest absolute Gasteiger partial charge is 0.344 e. The van der Waals surface area contributed by atoms with Crippen molar-refractivity contribution in [3.8, 4) is 22.3 Å². The van der Waals surface area contributed by atoms with Crippen LogP contribution < -0.4 is 0 Å². The molecule has 0 spiro atoms. The summed E-state index contributed by atoms with van der Waals surface area (Å²) in [6.45, 7) is 0. The third kappa shape index (κ3) is 2.29. The predicted octanol–water partition coefficient (Wildman–Crippen LogP) is 5.46. The number of rotatable bonds is 2. The summed E-state index contributed by atoms with van der Waals surface area (Å²) in [6.07, 6.45) is 7.35. The molecule has 0 N–H and O–H groups in total. The van der Waals surface area contributed by atoms with Crippen LogP contribution in [-0.4, -0.2) is 14.5 Å². The molecular weight excluding hydrogens is 318 g/mol. The Labute approximate surface area is 151 Å². The highest BCUT2D eigenvalue weighted by Crippen LogP contribution is 2.34. The molecule has 3 heterocycles. The van der Waals surface area contributed by atoms with Gasteiger partial charge in [-0.3, -0.25) is 9.97 Å². The van der Waals surface area contributed by atoms with Crippen LogP contribution in [0, 0.1) is 0 Å². The van der Waals surface area contributed by atoms with Crippen LogP contribution in [0.2, 0.25) is 0 Å². The van der Waals surface area contributed by atoms with Gasteiger partial charge < -0.3 is 4.57 Å². The van der Waals surface area contributed by atoms with Gasteiger partial charge in [-0.1, -0.05) is 12.1 Å². The van der Waals surface area contributed by atoms with Gasteiger partial charge in [0.25, 0.3) is 0 Å². The molecule has 0 atom stereocenters. The Morgan fingerprint density at radius 1 is 0.538 bits per heavy atom. The van der Waals surface area contributed by atoms with Gasteiger partial charge in [0.05, 0.1) is 0 Å². The van der Waals surface area contributed by atoms with Crippen molar-refractivity contribution in [3.63, 3.8) is 0 Å². The molecule has 0 fully saturated rings. The Morgan fingerprint density at radius 3 is 1.38 bits per heavy atom. The summed E-state index contributed by atoms with van der Waals surface area (Å²) >= 11 is 0. The quantitative estimate of drug-likeness (QED) is 0.429. The van der Waals surface area contributed by atoms with Gasteiger partial charge in [0.2, 0.25) is 0 Å². The molecule has 0 bridgehead atoms. The average Bonchev–Trinajstić information content (AvgIpc) is 3.01. The Bertz CT molecular complexity index is 1130. The van der Waals surface area contributed by atoms with Crippen LogP contribution in [0.15, 0.2) is 85.5 Å². The monoisotopic (exact) mass is 335 g/mol. The molecule has 26 heavy (non-hydrogen) atoms. The summed E-state index contributed by atoms with van der Waals surface area (Å²) in [5.74, 6) is 0. The second kappa shape index (κ2) is 5.81. The highest BCUT2D eigenvalue weighted by molar-refractivity contribution is 6.10. The van der Waals surface area contributed by atoms with E-state index in [9.17, 15) is 0 Å². The molecule has 5 aromatic rings. The van der Waals surface area contributed by atoms with Gasteiger partial charge >= 0.3 is 0 Å². The van der Waals surface area contributed by atoms with E-state index >= 15 is 0 Å². The van der Waals surface area contributed by atoms with E-state index in [2.05, 4.69) is 82.2 Å². The van der Waals surface area contributed by atoms with Crippen LogP contribution in [0.5, 0.6) is 0 Å². The number of hydrogen-bond acceptors (Lipinski definition) is 2. The highest BCUT2D eigenvalue weighted by Gasteiger charge is 2.11. The molecule has 5 rings (SSSR count). The number of fused-ring (bicyclic) bond motifs is 3. The standard InChI is InChI=1S/C23H17N3/c1-26-22-4-2-18(16-6-10-24-11-7-16)14-20(22)21-15-19(3-5-23(21)26)17-8-12-25-13-9-17/h2-15H,1H3. The maximum Gasteiger partial charge on any atom is 0.0489 e. The number of pyridine rings is 2. The summed E-state index contributed by atoms with van der Waals surface area (Å²) in [6, 6.07) is 21.5. The Kier molecular flexibility index (Phi) is 3.32. The first-order valence-corrected chi connectivity index (χ1v) is 8.64. The van der Waals surface area contributed by atoms with Gasteiger partial charge in [-0.15, -0.1) is 0 Å². The lowest BCUT2D eigenvalue weighted by Crippen LogP contribution is -1.86. The molecule has 0 saturated heterocycles. The Balaban J connectivity index is 1.78. The fraction of sp³-hybridized carbons (Fsp3) is 0.0435. The maximum atomic E-state index is 4.12.